The molecule has 0 aromatic heterocycles. The molecule has 6 heteroatoms. The lowest BCUT2D eigenvalue weighted by molar-refractivity contribution is -0.138. The third kappa shape index (κ3) is 6.59. The Morgan fingerprint density at radius 3 is 2.22 bits per heavy atom. The van der Waals surface area contributed by atoms with Crippen LogP contribution < -0.4 is 4.74 Å². The molecule has 1 aliphatic carbocycles. The molecule has 2 aromatic rings. The van der Waals surface area contributed by atoms with Crippen molar-refractivity contribution in [2.45, 2.75) is 76.5 Å². The molecule has 0 saturated heterocycles. The molecule has 200 valence electrons. The Labute approximate surface area is 218 Å². The normalized spacial score (nSPS) is 22.7. The van der Waals surface area contributed by atoms with Crippen molar-refractivity contribution in [2.24, 2.45) is 5.92 Å². The predicted octanol–water partition coefficient (Wildman–Crippen LogP) is 8.91. The number of ether oxygens (including phenoxy) is 3. The quantitative estimate of drug-likeness (QED) is 0.250. The molecule has 0 spiro atoms. The van der Waals surface area contributed by atoms with Gasteiger partial charge in [0, 0.05) is 18.6 Å². The maximum Gasteiger partial charge on any atom is 0.420 e. The van der Waals surface area contributed by atoms with Crippen molar-refractivity contribution in [3.05, 3.63) is 83.6 Å². The monoisotopic (exact) mass is 514 g/mol. The SMILES string of the molecule is C=C1C=C(OCCCCCCCCCOC2(C)C(C)C2c2ccccc2)c2cccc(C(F)(F)F)c2O1. The van der Waals surface area contributed by atoms with E-state index in [2.05, 4.69) is 50.8 Å². The van der Waals surface area contributed by atoms with Crippen molar-refractivity contribution in [3.8, 4) is 5.75 Å². The van der Waals surface area contributed by atoms with Gasteiger partial charge in [-0.2, -0.15) is 13.2 Å². The molecule has 3 unspecified atom stereocenters. The summed E-state index contributed by atoms with van der Waals surface area (Å²) in [5.41, 5.74) is 0.828. The topological polar surface area (TPSA) is 27.7 Å². The summed E-state index contributed by atoms with van der Waals surface area (Å²) in [5, 5.41) is 0. The summed E-state index contributed by atoms with van der Waals surface area (Å²) >= 11 is 0. The number of alkyl halides is 3. The molecule has 37 heavy (non-hydrogen) atoms. The first-order chi connectivity index (χ1) is 17.7. The molecule has 2 aromatic carbocycles. The van der Waals surface area contributed by atoms with E-state index in [1.54, 1.807) is 12.1 Å². The van der Waals surface area contributed by atoms with Gasteiger partial charge in [-0.05, 0) is 43.4 Å². The Morgan fingerprint density at radius 1 is 0.892 bits per heavy atom. The van der Waals surface area contributed by atoms with Crippen molar-refractivity contribution in [1.29, 1.82) is 0 Å². The lowest BCUT2D eigenvalue weighted by Gasteiger charge is -2.23. The highest BCUT2D eigenvalue weighted by atomic mass is 19.4. The first-order valence-electron chi connectivity index (χ1n) is 13.3. The Balaban J connectivity index is 1.08. The second-order valence-corrected chi connectivity index (χ2v) is 10.3. The number of fused-ring (bicyclic) bond motifs is 1. The first-order valence-corrected chi connectivity index (χ1v) is 13.3. The van der Waals surface area contributed by atoms with Crippen LogP contribution in [0.1, 0.15) is 81.4 Å². The summed E-state index contributed by atoms with van der Waals surface area (Å²) in [4.78, 5) is 0. The summed E-state index contributed by atoms with van der Waals surface area (Å²) in [7, 11) is 0. The van der Waals surface area contributed by atoms with Gasteiger partial charge in [-0.1, -0.05) is 82.0 Å². The number of benzene rings is 2. The van der Waals surface area contributed by atoms with Gasteiger partial charge in [-0.3, -0.25) is 0 Å². The van der Waals surface area contributed by atoms with E-state index in [4.69, 9.17) is 14.2 Å². The number of hydrogen-bond donors (Lipinski definition) is 0. The second-order valence-electron chi connectivity index (χ2n) is 10.3. The lowest BCUT2D eigenvalue weighted by Crippen LogP contribution is -2.14. The van der Waals surface area contributed by atoms with Crippen molar-refractivity contribution >= 4 is 5.76 Å². The smallest absolute Gasteiger partial charge is 0.420 e. The number of rotatable bonds is 13. The molecular weight excluding hydrogens is 477 g/mol. The molecule has 0 radical (unpaired) electrons. The number of halogens is 3. The van der Waals surface area contributed by atoms with Crippen LogP contribution in [0.15, 0.2) is 66.9 Å². The van der Waals surface area contributed by atoms with Crippen molar-refractivity contribution in [3.63, 3.8) is 0 Å². The zero-order valence-corrected chi connectivity index (χ0v) is 21.8. The number of allylic oxidation sites excluding steroid dienone is 1. The van der Waals surface area contributed by atoms with Crippen molar-refractivity contribution < 1.29 is 27.4 Å². The van der Waals surface area contributed by atoms with E-state index in [1.807, 2.05) is 0 Å². The molecule has 1 saturated carbocycles. The summed E-state index contributed by atoms with van der Waals surface area (Å²) in [6, 6.07) is 14.6. The lowest BCUT2D eigenvalue weighted by atomic mass is 10.0. The molecule has 4 rings (SSSR count). The van der Waals surface area contributed by atoms with Gasteiger partial charge >= 0.3 is 6.18 Å². The molecule has 3 atom stereocenters. The van der Waals surface area contributed by atoms with E-state index in [0.717, 1.165) is 51.2 Å². The van der Waals surface area contributed by atoms with Crippen LogP contribution in [0.4, 0.5) is 13.2 Å². The minimum Gasteiger partial charge on any atom is -0.493 e. The maximum atomic E-state index is 13.3. The number of unbranched alkanes of at least 4 members (excludes halogenated alkanes) is 6. The van der Waals surface area contributed by atoms with Gasteiger partial charge in [0.25, 0.3) is 0 Å². The maximum absolute atomic E-state index is 13.3. The molecule has 0 amide bonds. The van der Waals surface area contributed by atoms with Crippen LogP contribution in [-0.2, 0) is 15.7 Å². The average Bonchev–Trinajstić information content (AvgIpc) is 3.41. The molecule has 2 aliphatic rings. The highest BCUT2D eigenvalue weighted by molar-refractivity contribution is 5.72. The van der Waals surface area contributed by atoms with Gasteiger partial charge in [0.2, 0.25) is 0 Å². The van der Waals surface area contributed by atoms with Gasteiger partial charge in [0.15, 0.2) is 5.75 Å². The third-order valence-electron chi connectivity index (χ3n) is 7.64. The Morgan fingerprint density at radius 2 is 1.54 bits per heavy atom. The second kappa shape index (κ2) is 11.8. The Bertz CT molecular complexity index is 1090. The third-order valence-corrected chi connectivity index (χ3v) is 7.64. The van der Waals surface area contributed by atoms with E-state index >= 15 is 0 Å². The summed E-state index contributed by atoms with van der Waals surface area (Å²) < 4.78 is 57.4. The Kier molecular flexibility index (Phi) is 8.68. The van der Waals surface area contributed by atoms with E-state index in [9.17, 15) is 13.2 Å². The fourth-order valence-electron chi connectivity index (χ4n) is 5.33. The molecule has 1 aliphatic heterocycles. The highest BCUT2D eigenvalue weighted by Gasteiger charge is 2.60. The van der Waals surface area contributed by atoms with Crippen molar-refractivity contribution in [2.75, 3.05) is 13.2 Å². The zero-order valence-electron chi connectivity index (χ0n) is 21.8. The van der Waals surface area contributed by atoms with E-state index in [-0.39, 0.29) is 17.1 Å². The van der Waals surface area contributed by atoms with Crippen LogP contribution in [0.2, 0.25) is 0 Å². The average molecular weight is 515 g/mol. The van der Waals surface area contributed by atoms with Crippen molar-refractivity contribution in [1.82, 2.24) is 0 Å². The molecule has 3 nitrogen and oxygen atoms in total. The van der Waals surface area contributed by atoms with Gasteiger partial charge in [-0.15, -0.1) is 0 Å². The number of para-hydroxylation sites is 1. The standard InChI is InChI=1S/C31H37F3O3/c1-22-21-27(25-17-14-18-26(29(25)37-22)31(32,33)34)35-19-12-7-5-4-6-8-13-20-36-30(3)23(2)28(30)24-15-10-9-11-16-24/h9-11,14-18,21,23,28H,1,4-8,12-13,19-20H2,2-3H3. The largest absolute Gasteiger partial charge is 0.493 e. The molecule has 0 bridgehead atoms. The van der Waals surface area contributed by atoms with E-state index in [0.29, 0.717) is 29.8 Å². The molecular formula is C31H37F3O3. The van der Waals surface area contributed by atoms with Crippen LogP contribution >= 0.6 is 0 Å². The van der Waals surface area contributed by atoms with Crippen LogP contribution in [0, 0.1) is 5.92 Å². The van der Waals surface area contributed by atoms with Gasteiger partial charge < -0.3 is 14.2 Å². The summed E-state index contributed by atoms with van der Waals surface area (Å²) in [5.74, 6) is 1.33. The van der Waals surface area contributed by atoms with Crippen LogP contribution in [-0.4, -0.2) is 18.8 Å². The minimum atomic E-state index is -4.50. The van der Waals surface area contributed by atoms with Gasteiger partial charge in [0.1, 0.15) is 11.5 Å². The van der Waals surface area contributed by atoms with Crippen LogP contribution in [0.3, 0.4) is 0 Å². The molecule has 1 heterocycles. The molecule has 0 N–H and O–H groups in total. The fraction of sp³-hybridized carbons (Fsp3) is 0.484. The van der Waals surface area contributed by atoms with Gasteiger partial charge in [0.05, 0.1) is 23.3 Å². The van der Waals surface area contributed by atoms with Crippen LogP contribution in [0.25, 0.3) is 5.76 Å². The number of hydrogen-bond acceptors (Lipinski definition) is 3. The first kappa shape index (κ1) is 27.3. The summed E-state index contributed by atoms with van der Waals surface area (Å²) in [6.45, 7) is 9.43. The highest BCUT2D eigenvalue weighted by Crippen LogP contribution is 2.59. The molecule has 1 fully saturated rings. The summed E-state index contributed by atoms with van der Waals surface area (Å²) in [6.07, 6.45) is 4.59. The Hall–Kier alpha value is -2.73. The fourth-order valence-corrected chi connectivity index (χ4v) is 5.33. The van der Waals surface area contributed by atoms with Gasteiger partial charge in [-0.25, -0.2) is 0 Å². The van der Waals surface area contributed by atoms with E-state index < -0.39 is 11.7 Å². The van der Waals surface area contributed by atoms with Crippen LogP contribution in [0.5, 0.6) is 5.75 Å². The van der Waals surface area contributed by atoms with E-state index in [1.165, 1.54) is 18.1 Å². The minimum absolute atomic E-state index is 0.0392. The zero-order chi connectivity index (χ0) is 26.5. The predicted molar refractivity (Wildman–Crippen MR) is 140 cm³/mol.